The van der Waals surface area contributed by atoms with E-state index in [9.17, 15) is 13.6 Å². The second-order valence-corrected chi connectivity index (χ2v) is 10.2. The minimum Gasteiger partial charge on any atom is -0.493 e. The molecule has 7 heteroatoms. The van der Waals surface area contributed by atoms with E-state index in [0.717, 1.165) is 39.8 Å². The number of fused-ring (bicyclic) bond motifs is 1. The highest BCUT2D eigenvalue weighted by Gasteiger charge is 2.31. The molecule has 0 amide bonds. The summed E-state index contributed by atoms with van der Waals surface area (Å²) < 4.78 is 39.2. The molecule has 186 valence electrons. The molecule has 0 saturated carbocycles. The third kappa shape index (κ3) is 4.22. The maximum atomic E-state index is 13.5. The number of hydrogen-bond acceptors (Lipinski definition) is 5. The van der Waals surface area contributed by atoms with Gasteiger partial charge in [-0.25, -0.2) is 13.8 Å². The van der Waals surface area contributed by atoms with Crippen molar-refractivity contribution < 1.29 is 23.0 Å². The summed E-state index contributed by atoms with van der Waals surface area (Å²) in [5.41, 5.74) is 4.32. The Labute approximate surface area is 208 Å². The van der Waals surface area contributed by atoms with E-state index in [1.54, 1.807) is 18.3 Å². The fourth-order valence-electron chi connectivity index (χ4n) is 4.99. The molecule has 1 aliphatic rings. The second kappa shape index (κ2) is 8.89. The molecule has 4 aromatic rings. The van der Waals surface area contributed by atoms with Crippen LogP contribution in [0.4, 0.5) is 8.78 Å². The summed E-state index contributed by atoms with van der Waals surface area (Å²) in [6, 6.07) is 10.6. The summed E-state index contributed by atoms with van der Waals surface area (Å²) in [6.45, 7) is 9.66. The molecule has 5 rings (SSSR count). The largest absolute Gasteiger partial charge is 0.493 e. The highest BCUT2D eigenvalue weighted by Crippen LogP contribution is 2.45. The van der Waals surface area contributed by atoms with Crippen LogP contribution in [0, 0.1) is 6.92 Å². The number of ether oxygens (including phenoxy) is 2. The number of ketones is 1. The van der Waals surface area contributed by atoms with Crippen LogP contribution in [0.1, 0.15) is 62.6 Å². The molecule has 3 heterocycles. The van der Waals surface area contributed by atoms with Crippen molar-refractivity contribution in [3.63, 3.8) is 0 Å². The van der Waals surface area contributed by atoms with Crippen LogP contribution in [-0.2, 0) is 16.0 Å². The molecule has 1 aliphatic heterocycles. The molecule has 0 radical (unpaired) electrons. The SMILES string of the molecule is CC(=O)[C@@H](OC(C)(C)C)c1c(C)cc2nc(C(F)F)ccc2c1-c1ccc2c3c(ccnc13)CCO2. The lowest BCUT2D eigenvalue weighted by Crippen LogP contribution is -2.27. The summed E-state index contributed by atoms with van der Waals surface area (Å²) in [7, 11) is 0. The van der Waals surface area contributed by atoms with Crippen LogP contribution < -0.4 is 4.74 Å². The van der Waals surface area contributed by atoms with Crippen molar-refractivity contribution in [1.82, 2.24) is 9.97 Å². The molecule has 2 aromatic heterocycles. The van der Waals surface area contributed by atoms with Gasteiger partial charge in [0.15, 0.2) is 5.78 Å². The number of alkyl halides is 2. The van der Waals surface area contributed by atoms with Gasteiger partial charge < -0.3 is 9.47 Å². The van der Waals surface area contributed by atoms with E-state index in [0.29, 0.717) is 28.6 Å². The first kappa shape index (κ1) is 24.3. The summed E-state index contributed by atoms with van der Waals surface area (Å²) in [5.74, 6) is 0.610. The Morgan fingerprint density at radius 3 is 2.61 bits per heavy atom. The van der Waals surface area contributed by atoms with E-state index in [1.165, 1.54) is 13.0 Å². The van der Waals surface area contributed by atoms with Gasteiger partial charge in [0.2, 0.25) is 0 Å². The van der Waals surface area contributed by atoms with Gasteiger partial charge >= 0.3 is 0 Å². The lowest BCUT2D eigenvalue weighted by atomic mass is 9.85. The summed E-state index contributed by atoms with van der Waals surface area (Å²) in [5, 5.41) is 1.58. The van der Waals surface area contributed by atoms with E-state index in [4.69, 9.17) is 14.5 Å². The van der Waals surface area contributed by atoms with Crippen LogP contribution in [-0.4, -0.2) is 28.0 Å². The van der Waals surface area contributed by atoms with Crippen LogP contribution in [0.15, 0.2) is 42.6 Å². The molecular formula is C29H28F2N2O3. The molecule has 5 nitrogen and oxygen atoms in total. The van der Waals surface area contributed by atoms with Gasteiger partial charge in [-0.1, -0.05) is 6.07 Å². The van der Waals surface area contributed by atoms with Crippen molar-refractivity contribution in [3.05, 3.63) is 65.0 Å². The zero-order chi connectivity index (χ0) is 25.8. The number of benzene rings is 2. The average molecular weight is 491 g/mol. The highest BCUT2D eigenvalue weighted by atomic mass is 19.3. The van der Waals surface area contributed by atoms with Gasteiger partial charge in [0, 0.05) is 29.0 Å². The molecule has 2 aromatic carbocycles. The minimum absolute atomic E-state index is 0.148. The number of hydrogen-bond donors (Lipinski definition) is 0. The van der Waals surface area contributed by atoms with Crippen molar-refractivity contribution in [2.24, 2.45) is 0 Å². The third-order valence-electron chi connectivity index (χ3n) is 6.43. The lowest BCUT2D eigenvalue weighted by Gasteiger charge is -2.30. The van der Waals surface area contributed by atoms with Crippen LogP contribution in [0.5, 0.6) is 5.75 Å². The first-order chi connectivity index (χ1) is 17.0. The standard InChI is InChI=1S/C29H28F2N2O3/c1-15-14-21-18(6-8-20(33-21)28(30)31)25(23(15)27(16(2)34)36-29(3,4)5)19-7-9-22-24-17(11-13-35-22)10-12-32-26(19)24/h6-10,12,14,27-28H,11,13H2,1-5H3/t27-/m1/s1. The van der Waals surface area contributed by atoms with Gasteiger partial charge in [0.05, 0.1) is 23.2 Å². The quantitative estimate of drug-likeness (QED) is 0.299. The summed E-state index contributed by atoms with van der Waals surface area (Å²) in [6.07, 6.45) is -1.01. The van der Waals surface area contributed by atoms with Gasteiger partial charge in [0.1, 0.15) is 17.5 Å². The van der Waals surface area contributed by atoms with Crippen molar-refractivity contribution in [2.45, 2.75) is 59.2 Å². The van der Waals surface area contributed by atoms with Gasteiger partial charge in [-0.3, -0.25) is 9.78 Å². The number of carbonyl (C=O) groups is 1. The minimum atomic E-state index is -2.69. The zero-order valence-electron chi connectivity index (χ0n) is 21.0. The van der Waals surface area contributed by atoms with Crippen molar-refractivity contribution in [3.8, 4) is 16.9 Å². The van der Waals surface area contributed by atoms with E-state index < -0.39 is 18.1 Å². The smallest absolute Gasteiger partial charge is 0.280 e. The fraction of sp³-hybridized carbons (Fsp3) is 0.345. The molecule has 0 fully saturated rings. The van der Waals surface area contributed by atoms with Gasteiger partial charge in [-0.05, 0) is 87.2 Å². The van der Waals surface area contributed by atoms with Crippen LogP contribution in [0.3, 0.4) is 0 Å². The molecule has 36 heavy (non-hydrogen) atoms. The summed E-state index contributed by atoms with van der Waals surface area (Å²) in [4.78, 5) is 22.0. The lowest BCUT2D eigenvalue weighted by molar-refractivity contribution is -0.138. The van der Waals surface area contributed by atoms with Crippen molar-refractivity contribution in [2.75, 3.05) is 6.61 Å². The molecule has 0 aliphatic carbocycles. The molecule has 0 N–H and O–H groups in total. The average Bonchev–Trinajstić information content (AvgIpc) is 2.81. The number of pyridine rings is 2. The van der Waals surface area contributed by atoms with Crippen LogP contribution >= 0.6 is 0 Å². The van der Waals surface area contributed by atoms with Gasteiger partial charge in [0.25, 0.3) is 6.43 Å². The Kier molecular flexibility index (Phi) is 5.99. The van der Waals surface area contributed by atoms with Gasteiger partial charge in [-0.15, -0.1) is 0 Å². The Balaban J connectivity index is 1.91. The van der Waals surface area contributed by atoms with E-state index in [-0.39, 0.29) is 11.5 Å². The number of carbonyl (C=O) groups excluding carboxylic acids is 1. The Bertz CT molecular complexity index is 1500. The molecule has 1 atom stereocenters. The molecule has 0 bridgehead atoms. The normalized spacial score (nSPS) is 14.3. The Hall–Kier alpha value is -3.45. The van der Waals surface area contributed by atoms with E-state index in [2.05, 4.69) is 4.98 Å². The maximum Gasteiger partial charge on any atom is 0.280 e. The predicted octanol–water partition coefficient (Wildman–Crippen LogP) is 7.08. The number of halogens is 2. The topological polar surface area (TPSA) is 61.3 Å². The first-order valence-electron chi connectivity index (χ1n) is 12.0. The monoisotopic (exact) mass is 490 g/mol. The number of nitrogens with zero attached hydrogens (tertiary/aromatic N) is 2. The second-order valence-electron chi connectivity index (χ2n) is 10.2. The number of aromatic nitrogens is 2. The maximum absolute atomic E-state index is 13.5. The van der Waals surface area contributed by atoms with Crippen molar-refractivity contribution >= 4 is 27.6 Å². The third-order valence-corrected chi connectivity index (χ3v) is 6.43. The van der Waals surface area contributed by atoms with Crippen LogP contribution in [0.25, 0.3) is 32.9 Å². The molecule has 0 spiro atoms. The Morgan fingerprint density at radius 2 is 1.92 bits per heavy atom. The number of aryl methyl sites for hydroxylation is 1. The first-order valence-corrected chi connectivity index (χ1v) is 12.0. The Morgan fingerprint density at radius 1 is 1.14 bits per heavy atom. The van der Waals surface area contributed by atoms with Gasteiger partial charge in [-0.2, -0.15) is 0 Å². The molecular weight excluding hydrogens is 462 g/mol. The van der Waals surface area contributed by atoms with Crippen molar-refractivity contribution in [1.29, 1.82) is 0 Å². The molecule has 0 saturated heterocycles. The zero-order valence-corrected chi connectivity index (χ0v) is 21.0. The fourth-order valence-corrected chi connectivity index (χ4v) is 4.99. The summed E-state index contributed by atoms with van der Waals surface area (Å²) >= 11 is 0. The molecule has 0 unspecified atom stereocenters. The van der Waals surface area contributed by atoms with Crippen LogP contribution in [0.2, 0.25) is 0 Å². The highest BCUT2D eigenvalue weighted by molar-refractivity contribution is 6.08. The predicted molar refractivity (Wildman–Crippen MR) is 136 cm³/mol. The van der Waals surface area contributed by atoms with E-state index in [1.807, 2.05) is 45.9 Å². The van der Waals surface area contributed by atoms with E-state index >= 15 is 0 Å². The number of rotatable bonds is 5. The number of Topliss-reactive ketones (excluding diaryl/α,β-unsaturated/α-hetero) is 1.